The van der Waals surface area contributed by atoms with E-state index in [1.165, 1.54) is 12.3 Å². The topological polar surface area (TPSA) is 59.5 Å². The molecule has 6 heteroatoms. The summed E-state index contributed by atoms with van der Waals surface area (Å²) < 4.78 is 19.4. The maximum atomic E-state index is 13.9. The Bertz CT molecular complexity index is 1170. The van der Waals surface area contributed by atoms with Crippen molar-refractivity contribution in [3.05, 3.63) is 95.1 Å². The lowest BCUT2D eigenvalue weighted by Crippen LogP contribution is -2.40. The van der Waals surface area contributed by atoms with Crippen LogP contribution in [0.15, 0.2) is 66.9 Å². The number of carbonyl (C=O) groups is 2. The third kappa shape index (κ3) is 4.51. The molecule has 1 amide bonds. The average molecular weight is 445 g/mol. The van der Waals surface area contributed by atoms with Gasteiger partial charge in [0.15, 0.2) is 5.78 Å². The van der Waals surface area contributed by atoms with E-state index < -0.39 is 5.95 Å². The van der Waals surface area contributed by atoms with E-state index in [4.69, 9.17) is 4.74 Å². The molecule has 1 fully saturated rings. The highest BCUT2D eigenvalue weighted by Gasteiger charge is 2.31. The average Bonchev–Trinajstić information content (AvgIpc) is 2.84. The van der Waals surface area contributed by atoms with Crippen LogP contribution < -0.4 is 4.74 Å². The Morgan fingerprint density at radius 2 is 1.82 bits per heavy atom. The van der Waals surface area contributed by atoms with Crippen LogP contribution in [0.3, 0.4) is 0 Å². The van der Waals surface area contributed by atoms with Gasteiger partial charge in [0.25, 0.3) is 5.91 Å². The molecule has 1 aromatic heterocycles. The Labute approximate surface area is 192 Å². The van der Waals surface area contributed by atoms with Gasteiger partial charge in [0.2, 0.25) is 5.95 Å². The van der Waals surface area contributed by atoms with E-state index in [1.807, 2.05) is 29.2 Å². The van der Waals surface area contributed by atoms with Gasteiger partial charge in [-0.1, -0.05) is 30.3 Å². The summed E-state index contributed by atoms with van der Waals surface area (Å²) in [5.74, 6) is 0.532. The molecule has 2 aromatic carbocycles. The highest BCUT2D eigenvalue weighted by molar-refractivity contribution is 5.95. The molecule has 33 heavy (non-hydrogen) atoms. The number of aromatic nitrogens is 1. The van der Waals surface area contributed by atoms with E-state index in [1.54, 1.807) is 18.2 Å². The number of hydrogen-bond donors (Lipinski definition) is 0. The zero-order valence-corrected chi connectivity index (χ0v) is 18.2. The molecule has 2 aliphatic rings. The van der Waals surface area contributed by atoms with E-state index in [9.17, 15) is 14.0 Å². The number of fused-ring (bicyclic) bond motifs is 1. The summed E-state index contributed by atoms with van der Waals surface area (Å²) in [5, 5.41) is 0. The SMILES string of the molecule is O=C1COc2ccc(C(=O)N3CCC([C@@H](c4ccccc4)c4ccnc(F)c4)CC3)cc2C1. The molecule has 0 spiro atoms. The lowest BCUT2D eigenvalue weighted by Gasteiger charge is -2.36. The van der Waals surface area contributed by atoms with Crippen LogP contribution in [0.5, 0.6) is 5.75 Å². The van der Waals surface area contributed by atoms with Crippen molar-refractivity contribution in [1.29, 1.82) is 0 Å². The number of nitrogens with zero attached hydrogens (tertiary/aromatic N) is 2. The second kappa shape index (κ2) is 9.14. The third-order valence-electron chi connectivity index (χ3n) is 6.65. The standard InChI is InChI=1S/C27H25FN2O3/c28-25-16-20(8-11-29-25)26(18-4-2-1-3-5-18)19-9-12-30(13-10-19)27(32)21-6-7-24-22(14-21)15-23(31)17-33-24/h1-8,11,14,16,19,26H,9-10,12-13,15,17H2/t26-/m1/s1. The normalized spacial score (nSPS) is 17.2. The quantitative estimate of drug-likeness (QED) is 0.560. The van der Waals surface area contributed by atoms with Gasteiger partial charge in [-0.2, -0.15) is 4.39 Å². The monoisotopic (exact) mass is 444 g/mol. The first-order valence-corrected chi connectivity index (χ1v) is 11.3. The maximum absolute atomic E-state index is 13.9. The summed E-state index contributed by atoms with van der Waals surface area (Å²) in [6, 6.07) is 18.9. The summed E-state index contributed by atoms with van der Waals surface area (Å²) in [4.78, 5) is 30.5. The van der Waals surface area contributed by atoms with E-state index >= 15 is 0 Å². The summed E-state index contributed by atoms with van der Waals surface area (Å²) in [5.41, 5.74) is 3.42. The van der Waals surface area contributed by atoms with Gasteiger partial charge >= 0.3 is 0 Å². The Balaban J connectivity index is 1.32. The fraction of sp³-hybridized carbons (Fsp3) is 0.296. The van der Waals surface area contributed by atoms with Gasteiger partial charge in [-0.3, -0.25) is 9.59 Å². The van der Waals surface area contributed by atoms with Gasteiger partial charge in [-0.05, 0) is 60.2 Å². The van der Waals surface area contributed by atoms with E-state index in [-0.39, 0.29) is 30.1 Å². The predicted molar refractivity (Wildman–Crippen MR) is 122 cm³/mol. The van der Waals surface area contributed by atoms with Crippen molar-refractivity contribution in [2.24, 2.45) is 5.92 Å². The highest BCUT2D eigenvalue weighted by atomic mass is 19.1. The fourth-order valence-corrected chi connectivity index (χ4v) is 5.04. The number of ketones is 1. The zero-order valence-electron chi connectivity index (χ0n) is 18.2. The van der Waals surface area contributed by atoms with Gasteiger partial charge in [-0.15, -0.1) is 0 Å². The van der Waals surface area contributed by atoms with Crippen LogP contribution in [0, 0.1) is 11.9 Å². The van der Waals surface area contributed by atoms with E-state index in [0.717, 1.165) is 29.5 Å². The Hall–Kier alpha value is -3.54. The lowest BCUT2D eigenvalue weighted by atomic mass is 9.76. The van der Waals surface area contributed by atoms with Crippen LogP contribution in [-0.4, -0.2) is 41.3 Å². The second-order valence-electron chi connectivity index (χ2n) is 8.76. The van der Waals surface area contributed by atoms with Crippen molar-refractivity contribution >= 4 is 11.7 Å². The first-order valence-electron chi connectivity index (χ1n) is 11.3. The number of carbonyl (C=O) groups excluding carboxylic acids is 2. The summed E-state index contributed by atoms with van der Waals surface area (Å²) in [6.45, 7) is 1.36. The number of hydrogen-bond acceptors (Lipinski definition) is 4. The van der Waals surface area contributed by atoms with Crippen molar-refractivity contribution in [3.63, 3.8) is 0 Å². The largest absolute Gasteiger partial charge is 0.486 e. The maximum Gasteiger partial charge on any atom is 0.253 e. The van der Waals surface area contributed by atoms with Crippen molar-refractivity contribution in [2.45, 2.75) is 25.2 Å². The van der Waals surface area contributed by atoms with Gasteiger partial charge in [0.1, 0.15) is 12.4 Å². The number of pyridine rings is 1. The highest BCUT2D eigenvalue weighted by Crippen LogP contribution is 2.38. The summed E-state index contributed by atoms with van der Waals surface area (Å²) in [7, 11) is 0. The molecule has 1 atom stereocenters. The molecule has 0 bridgehead atoms. The number of halogens is 1. The second-order valence-corrected chi connectivity index (χ2v) is 8.76. The third-order valence-corrected chi connectivity index (χ3v) is 6.65. The summed E-state index contributed by atoms with van der Waals surface area (Å²) in [6.07, 6.45) is 3.47. The van der Waals surface area contributed by atoms with Crippen LogP contribution in [0.1, 0.15) is 45.8 Å². The van der Waals surface area contributed by atoms with Crippen LogP contribution >= 0.6 is 0 Å². The van der Waals surface area contributed by atoms with Crippen LogP contribution in [0.25, 0.3) is 0 Å². The minimum atomic E-state index is -0.476. The summed E-state index contributed by atoms with van der Waals surface area (Å²) >= 11 is 0. The molecule has 0 aliphatic carbocycles. The Morgan fingerprint density at radius 1 is 1.03 bits per heavy atom. The van der Waals surface area contributed by atoms with E-state index in [2.05, 4.69) is 17.1 Å². The van der Waals surface area contributed by atoms with Gasteiger partial charge < -0.3 is 9.64 Å². The molecule has 2 aliphatic heterocycles. The molecule has 0 N–H and O–H groups in total. The molecule has 0 unspecified atom stereocenters. The van der Waals surface area contributed by atoms with Crippen molar-refractivity contribution in [3.8, 4) is 5.75 Å². The molecule has 1 saturated heterocycles. The number of piperidine rings is 1. The number of Topliss-reactive ketones (excluding diaryl/α,β-unsaturated/α-hetero) is 1. The first-order chi connectivity index (χ1) is 16.1. The molecular formula is C27H25FN2O3. The first kappa shape index (κ1) is 21.3. The van der Waals surface area contributed by atoms with Crippen molar-refractivity contribution < 1.29 is 18.7 Å². The number of ether oxygens (including phenoxy) is 1. The van der Waals surface area contributed by atoms with Gasteiger partial charge in [0.05, 0.1) is 0 Å². The Kier molecular flexibility index (Phi) is 5.90. The number of benzene rings is 2. The minimum Gasteiger partial charge on any atom is -0.486 e. The van der Waals surface area contributed by atoms with Crippen LogP contribution in [0.2, 0.25) is 0 Å². The van der Waals surface area contributed by atoms with Gasteiger partial charge in [0, 0.05) is 42.8 Å². The molecular weight excluding hydrogens is 419 g/mol. The molecule has 0 saturated carbocycles. The fourth-order valence-electron chi connectivity index (χ4n) is 5.04. The van der Waals surface area contributed by atoms with Crippen LogP contribution in [-0.2, 0) is 11.2 Å². The molecule has 3 heterocycles. The number of amides is 1. The molecule has 5 rings (SSSR count). The lowest BCUT2D eigenvalue weighted by molar-refractivity contribution is -0.121. The molecule has 5 nitrogen and oxygen atoms in total. The van der Waals surface area contributed by atoms with E-state index in [0.29, 0.717) is 30.8 Å². The Morgan fingerprint density at radius 3 is 2.58 bits per heavy atom. The number of rotatable bonds is 4. The number of likely N-dealkylation sites (tertiary alicyclic amines) is 1. The minimum absolute atomic E-state index is 0.0208. The predicted octanol–water partition coefficient (Wildman–Crippen LogP) is 4.41. The van der Waals surface area contributed by atoms with Gasteiger partial charge in [-0.25, -0.2) is 4.98 Å². The zero-order chi connectivity index (χ0) is 22.8. The smallest absolute Gasteiger partial charge is 0.253 e. The molecule has 0 radical (unpaired) electrons. The molecule has 168 valence electrons. The van der Waals surface area contributed by atoms with Crippen molar-refractivity contribution in [2.75, 3.05) is 19.7 Å². The van der Waals surface area contributed by atoms with Crippen molar-refractivity contribution in [1.82, 2.24) is 9.88 Å². The van der Waals surface area contributed by atoms with Crippen LogP contribution in [0.4, 0.5) is 4.39 Å². The molecule has 3 aromatic rings.